The van der Waals surface area contributed by atoms with Crippen LogP contribution in [-0.4, -0.2) is 29.7 Å². The SMILES string of the molecule is COC(=O)C1C(C)=NC2=C(C(=O)CCC2)[C@H]1c1ccc(O)cc1. The van der Waals surface area contributed by atoms with E-state index in [0.717, 1.165) is 24.1 Å². The van der Waals surface area contributed by atoms with Gasteiger partial charge in [0.2, 0.25) is 0 Å². The fourth-order valence-electron chi connectivity index (χ4n) is 3.48. The standard InChI is InChI=1S/C18H19NO4/c1-10-15(18(22)23-2)16(11-6-8-12(20)9-7-11)17-13(19-10)4-3-5-14(17)21/h6-9,15-16,20H,3-5H2,1-2H3/t15?,16-/m0/s1. The summed E-state index contributed by atoms with van der Waals surface area (Å²) >= 11 is 0. The molecule has 23 heavy (non-hydrogen) atoms. The third-order valence-corrected chi connectivity index (χ3v) is 4.54. The van der Waals surface area contributed by atoms with Gasteiger partial charge in [0.25, 0.3) is 0 Å². The first-order valence-electron chi connectivity index (χ1n) is 7.71. The number of Topliss-reactive ketones (excluding diaryl/α,β-unsaturated/α-hetero) is 1. The van der Waals surface area contributed by atoms with Crippen LogP contribution < -0.4 is 0 Å². The Morgan fingerprint density at radius 3 is 2.61 bits per heavy atom. The Hall–Kier alpha value is -2.43. The molecule has 1 aliphatic carbocycles. The Morgan fingerprint density at radius 2 is 1.96 bits per heavy atom. The molecule has 2 atom stereocenters. The molecule has 0 saturated heterocycles. The smallest absolute Gasteiger partial charge is 0.315 e. The molecule has 0 fully saturated rings. The topological polar surface area (TPSA) is 76.0 Å². The lowest BCUT2D eigenvalue weighted by Gasteiger charge is -2.34. The number of hydrogen-bond acceptors (Lipinski definition) is 5. The normalized spacial score (nSPS) is 24.1. The number of ketones is 1. The van der Waals surface area contributed by atoms with E-state index >= 15 is 0 Å². The summed E-state index contributed by atoms with van der Waals surface area (Å²) in [6, 6.07) is 6.64. The predicted octanol–water partition coefficient (Wildman–Crippen LogP) is 2.75. The molecule has 0 saturated carbocycles. The fraction of sp³-hybridized carbons (Fsp3) is 0.389. The van der Waals surface area contributed by atoms with E-state index in [9.17, 15) is 14.7 Å². The van der Waals surface area contributed by atoms with Crippen LogP contribution >= 0.6 is 0 Å². The summed E-state index contributed by atoms with van der Waals surface area (Å²) in [5.41, 5.74) is 2.90. The van der Waals surface area contributed by atoms with E-state index in [1.165, 1.54) is 7.11 Å². The van der Waals surface area contributed by atoms with Crippen molar-refractivity contribution in [3.63, 3.8) is 0 Å². The zero-order chi connectivity index (χ0) is 16.6. The van der Waals surface area contributed by atoms with E-state index in [4.69, 9.17) is 4.74 Å². The lowest BCUT2D eigenvalue weighted by atomic mass is 9.72. The second-order valence-corrected chi connectivity index (χ2v) is 5.96. The number of aliphatic imine (C=N–C) groups is 1. The average molecular weight is 313 g/mol. The van der Waals surface area contributed by atoms with Gasteiger partial charge in [-0.2, -0.15) is 0 Å². The maximum absolute atomic E-state index is 12.5. The second kappa shape index (κ2) is 5.99. The van der Waals surface area contributed by atoms with E-state index in [0.29, 0.717) is 17.7 Å². The second-order valence-electron chi connectivity index (χ2n) is 5.96. The molecule has 3 rings (SSSR count). The molecule has 1 aromatic rings. The fourth-order valence-corrected chi connectivity index (χ4v) is 3.48. The number of rotatable bonds is 2. The van der Waals surface area contributed by atoms with Crippen molar-refractivity contribution in [2.75, 3.05) is 7.11 Å². The molecule has 5 heteroatoms. The van der Waals surface area contributed by atoms with Crippen molar-refractivity contribution >= 4 is 17.5 Å². The van der Waals surface area contributed by atoms with Crippen LogP contribution in [0.15, 0.2) is 40.5 Å². The van der Waals surface area contributed by atoms with Crippen LogP contribution in [0.2, 0.25) is 0 Å². The first kappa shape index (κ1) is 15.5. The van der Waals surface area contributed by atoms with Gasteiger partial charge in [-0.05, 0) is 37.5 Å². The van der Waals surface area contributed by atoms with E-state index in [2.05, 4.69) is 4.99 Å². The average Bonchev–Trinajstić information content (AvgIpc) is 2.54. The molecular weight excluding hydrogens is 294 g/mol. The number of esters is 1. The molecule has 1 heterocycles. The zero-order valence-corrected chi connectivity index (χ0v) is 13.2. The molecule has 0 aromatic heterocycles. The highest BCUT2D eigenvalue weighted by Gasteiger charge is 2.42. The van der Waals surface area contributed by atoms with Crippen LogP contribution in [0.25, 0.3) is 0 Å². The molecule has 1 unspecified atom stereocenters. The Bertz CT molecular complexity index is 715. The monoisotopic (exact) mass is 313 g/mol. The number of nitrogens with zero attached hydrogens (tertiary/aromatic N) is 1. The summed E-state index contributed by atoms with van der Waals surface area (Å²) in [5, 5.41) is 9.52. The van der Waals surface area contributed by atoms with E-state index in [1.807, 2.05) is 0 Å². The van der Waals surface area contributed by atoms with Gasteiger partial charge in [-0.3, -0.25) is 14.6 Å². The van der Waals surface area contributed by atoms with Crippen LogP contribution in [0.3, 0.4) is 0 Å². The minimum atomic E-state index is -0.606. The van der Waals surface area contributed by atoms with Crippen molar-refractivity contribution in [1.29, 1.82) is 0 Å². The Kier molecular flexibility index (Phi) is 4.03. The molecule has 0 radical (unpaired) electrons. The quantitative estimate of drug-likeness (QED) is 0.852. The molecule has 2 aliphatic rings. The van der Waals surface area contributed by atoms with Crippen LogP contribution in [0, 0.1) is 5.92 Å². The molecule has 0 spiro atoms. The van der Waals surface area contributed by atoms with Gasteiger partial charge < -0.3 is 9.84 Å². The van der Waals surface area contributed by atoms with Gasteiger partial charge in [0.15, 0.2) is 5.78 Å². The van der Waals surface area contributed by atoms with Gasteiger partial charge in [0.1, 0.15) is 11.7 Å². The highest BCUT2D eigenvalue weighted by molar-refractivity contribution is 6.08. The first-order chi connectivity index (χ1) is 11.0. The van der Waals surface area contributed by atoms with E-state index in [1.54, 1.807) is 31.2 Å². The summed E-state index contributed by atoms with van der Waals surface area (Å²) in [4.78, 5) is 29.4. The Balaban J connectivity index is 2.17. The molecular formula is C18H19NO4. The van der Waals surface area contributed by atoms with Gasteiger partial charge in [-0.15, -0.1) is 0 Å². The third-order valence-electron chi connectivity index (χ3n) is 4.54. The molecule has 120 valence electrons. The van der Waals surface area contributed by atoms with Gasteiger partial charge in [0, 0.05) is 29.3 Å². The number of benzene rings is 1. The number of ether oxygens (including phenoxy) is 1. The number of phenolic OH excluding ortho intramolecular Hbond substituents is 1. The highest BCUT2D eigenvalue weighted by atomic mass is 16.5. The minimum Gasteiger partial charge on any atom is -0.508 e. The summed E-state index contributed by atoms with van der Waals surface area (Å²) in [6.45, 7) is 1.80. The van der Waals surface area contributed by atoms with Crippen molar-refractivity contribution in [1.82, 2.24) is 0 Å². The van der Waals surface area contributed by atoms with Crippen LogP contribution in [0.1, 0.15) is 37.7 Å². The number of carbonyl (C=O) groups excluding carboxylic acids is 2. The van der Waals surface area contributed by atoms with E-state index in [-0.39, 0.29) is 11.5 Å². The summed E-state index contributed by atoms with van der Waals surface area (Å²) < 4.78 is 4.95. The van der Waals surface area contributed by atoms with Gasteiger partial charge >= 0.3 is 5.97 Å². The van der Waals surface area contributed by atoms with Gasteiger partial charge in [-0.25, -0.2) is 0 Å². The maximum Gasteiger partial charge on any atom is 0.315 e. The van der Waals surface area contributed by atoms with Crippen molar-refractivity contribution in [3.8, 4) is 5.75 Å². The van der Waals surface area contributed by atoms with Gasteiger partial charge in [-0.1, -0.05) is 12.1 Å². The Labute approximate surface area is 134 Å². The van der Waals surface area contributed by atoms with Crippen molar-refractivity contribution in [2.45, 2.75) is 32.1 Å². The number of allylic oxidation sites excluding steroid dienone is 2. The molecule has 1 aliphatic heterocycles. The van der Waals surface area contributed by atoms with Crippen molar-refractivity contribution < 1.29 is 19.4 Å². The van der Waals surface area contributed by atoms with Crippen LogP contribution in [-0.2, 0) is 14.3 Å². The van der Waals surface area contributed by atoms with Crippen LogP contribution in [0.4, 0.5) is 0 Å². The number of hydrogen-bond donors (Lipinski definition) is 1. The van der Waals surface area contributed by atoms with Gasteiger partial charge in [0.05, 0.1) is 7.11 Å². The summed E-state index contributed by atoms with van der Waals surface area (Å²) in [5.74, 6) is -1.20. The Morgan fingerprint density at radius 1 is 1.26 bits per heavy atom. The lowest BCUT2D eigenvalue weighted by Crippen LogP contribution is -2.36. The number of methoxy groups -OCH3 is 1. The number of aromatic hydroxyl groups is 1. The third kappa shape index (κ3) is 2.67. The minimum absolute atomic E-state index is 0.0504. The predicted molar refractivity (Wildman–Crippen MR) is 85.3 cm³/mol. The maximum atomic E-state index is 12.5. The summed E-state index contributed by atoms with van der Waals surface area (Å²) in [7, 11) is 1.34. The zero-order valence-electron chi connectivity index (χ0n) is 13.2. The molecule has 0 bridgehead atoms. The molecule has 1 aromatic carbocycles. The van der Waals surface area contributed by atoms with E-state index < -0.39 is 17.8 Å². The molecule has 5 nitrogen and oxygen atoms in total. The first-order valence-corrected chi connectivity index (χ1v) is 7.71. The lowest BCUT2D eigenvalue weighted by molar-refractivity contribution is -0.143. The largest absolute Gasteiger partial charge is 0.508 e. The number of phenols is 1. The van der Waals surface area contributed by atoms with Crippen molar-refractivity contribution in [2.24, 2.45) is 10.9 Å². The summed E-state index contributed by atoms with van der Waals surface area (Å²) in [6.07, 6.45) is 2.02. The van der Waals surface area contributed by atoms with Crippen LogP contribution in [0.5, 0.6) is 5.75 Å². The van der Waals surface area contributed by atoms with Crippen molar-refractivity contribution in [3.05, 3.63) is 41.1 Å². The molecule has 1 N–H and O–H groups in total. The highest BCUT2D eigenvalue weighted by Crippen LogP contribution is 2.43. The number of carbonyl (C=O) groups is 2. The molecule has 0 amide bonds.